The minimum absolute atomic E-state index is 0.433. The van der Waals surface area contributed by atoms with Crippen molar-refractivity contribution in [2.75, 3.05) is 5.73 Å². The van der Waals surface area contributed by atoms with Crippen LogP contribution in [0.5, 0.6) is 0 Å². The summed E-state index contributed by atoms with van der Waals surface area (Å²) in [6.45, 7) is 2.23. The molecule has 1 aromatic heterocycles. The van der Waals surface area contributed by atoms with Crippen LogP contribution in [0.15, 0.2) is 5.38 Å². The molecule has 0 aliphatic heterocycles. The SMILES string of the molecule is CCCC1(c2csc(N)n2)CC1. The highest BCUT2D eigenvalue weighted by Crippen LogP contribution is 2.51. The predicted octanol–water partition coefficient (Wildman–Crippen LogP) is 2.56. The van der Waals surface area contributed by atoms with E-state index >= 15 is 0 Å². The number of anilines is 1. The van der Waals surface area contributed by atoms with Crippen molar-refractivity contribution in [3.05, 3.63) is 11.1 Å². The van der Waals surface area contributed by atoms with Crippen LogP contribution in [-0.2, 0) is 5.41 Å². The Kier molecular flexibility index (Phi) is 1.83. The van der Waals surface area contributed by atoms with Gasteiger partial charge in [-0.3, -0.25) is 0 Å². The standard InChI is InChI=1S/C9H14N2S/c1-2-3-9(4-5-9)7-6-12-8(10)11-7/h6H,2-5H2,1H3,(H2,10,11). The predicted molar refractivity (Wildman–Crippen MR) is 52.3 cm³/mol. The summed E-state index contributed by atoms with van der Waals surface area (Å²) >= 11 is 1.56. The molecule has 1 aromatic rings. The first-order chi connectivity index (χ1) is 5.77. The molecule has 0 bridgehead atoms. The topological polar surface area (TPSA) is 38.9 Å². The Labute approximate surface area is 76.8 Å². The molecule has 12 heavy (non-hydrogen) atoms. The summed E-state index contributed by atoms with van der Waals surface area (Å²) in [5.41, 5.74) is 7.28. The third-order valence-electron chi connectivity index (χ3n) is 2.65. The fraction of sp³-hybridized carbons (Fsp3) is 0.667. The van der Waals surface area contributed by atoms with Crippen molar-refractivity contribution >= 4 is 16.5 Å². The lowest BCUT2D eigenvalue weighted by atomic mass is 9.98. The van der Waals surface area contributed by atoms with E-state index in [2.05, 4.69) is 17.3 Å². The molecule has 66 valence electrons. The van der Waals surface area contributed by atoms with Crippen LogP contribution in [0.25, 0.3) is 0 Å². The molecule has 1 aliphatic carbocycles. The quantitative estimate of drug-likeness (QED) is 0.780. The lowest BCUT2D eigenvalue weighted by Gasteiger charge is -2.09. The van der Waals surface area contributed by atoms with E-state index in [9.17, 15) is 0 Å². The van der Waals surface area contributed by atoms with Crippen LogP contribution < -0.4 is 5.73 Å². The number of rotatable bonds is 3. The second-order valence-electron chi connectivity index (χ2n) is 3.60. The number of hydrogen-bond acceptors (Lipinski definition) is 3. The average molecular weight is 182 g/mol. The van der Waals surface area contributed by atoms with E-state index in [4.69, 9.17) is 5.73 Å². The molecule has 0 atom stereocenters. The third kappa shape index (κ3) is 1.22. The van der Waals surface area contributed by atoms with Gasteiger partial charge < -0.3 is 5.73 Å². The van der Waals surface area contributed by atoms with Crippen molar-refractivity contribution in [1.29, 1.82) is 0 Å². The van der Waals surface area contributed by atoms with Crippen molar-refractivity contribution in [2.24, 2.45) is 0 Å². The van der Waals surface area contributed by atoms with Crippen molar-refractivity contribution < 1.29 is 0 Å². The molecule has 2 rings (SSSR count). The van der Waals surface area contributed by atoms with Gasteiger partial charge in [0.15, 0.2) is 5.13 Å². The summed E-state index contributed by atoms with van der Waals surface area (Å²) < 4.78 is 0. The maximum atomic E-state index is 5.61. The van der Waals surface area contributed by atoms with Gasteiger partial charge in [0.2, 0.25) is 0 Å². The van der Waals surface area contributed by atoms with Crippen LogP contribution in [-0.4, -0.2) is 4.98 Å². The summed E-state index contributed by atoms with van der Waals surface area (Å²) in [6, 6.07) is 0. The zero-order valence-electron chi connectivity index (χ0n) is 7.34. The van der Waals surface area contributed by atoms with E-state index in [0.717, 1.165) is 0 Å². The van der Waals surface area contributed by atoms with E-state index in [1.54, 1.807) is 11.3 Å². The van der Waals surface area contributed by atoms with E-state index in [1.165, 1.54) is 31.4 Å². The van der Waals surface area contributed by atoms with Gasteiger partial charge in [0.25, 0.3) is 0 Å². The van der Waals surface area contributed by atoms with Crippen LogP contribution in [0.1, 0.15) is 38.3 Å². The minimum atomic E-state index is 0.433. The van der Waals surface area contributed by atoms with Crippen LogP contribution in [0, 0.1) is 0 Å². The number of thiazole rings is 1. The van der Waals surface area contributed by atoms with Gasteiger partial charge in [0, 0.05) is 10.8 Å². The summed E-state index contributed by atoms with van der Waals surface area (Å²) in [5.74, 6) is 0. The van der Waals surface area contributed by atoms with E-state index in [-0.39, 0.29) is 0 Å². The Bertz CT molecular complexity index is 276. The summed E-state index contributed by atoms with van der Waals surface area (Å²) in [6.07, 6.45) is 5.14. The van der Waals surface area contributed by atoms with Gasteiger partial charge in [0.1, 0.15) is 0 Å². The second-order valence-corrected chi connectivity index (χ2v) is 4.49. The van der Waals surface area contributed by atoms with Crippen LogP contribution in [0.4, 0.5) is 5.13 Å². The Hall–Kier alpha value is -0.570. The van der Waals surface area contributed by atoms with E-state index < -0.39 is 0 Å². The Morgan fingerprint density at radius 1 is 1.67 bits per heavy atom. The molecule has 0 amide bonds. The molecule has 2 nitrogen and oxygen atoms in total. The first-order valence-corrected chi connectivity index (χ1v) is 5.36. The molecular weight excluding hydrogens is 168 g/mol. The van der Waals surface area contributed by atoms with Gasteiger partial charge in [-0.05, 0) is 19.3 Å². The zero-order valence-corrected chi connectivity index (χ0v) is 8.16. The summed E-state index contributed by atoms with van der Waals surface area (Å²) in [5, 5.41) is 2.84. The van der Waals surface area contributed by atoms with Crippen LogP contribution >= 0.6 is 11.3 Å². The average Bonchev–Trinajstić information content (AvgIpc) is 2.69. The monoisotopic (exact) mass is 182 g/mol. The lowest BCUT2D eigenvalue weighted by molar-refractivity contribution is 0.593. The largest absolute Gasteiger partial charge is 0.375 e. The molecule has 0 saturated heterocycles. The van der Waals surface area contributed by atoms with Gasteiger partial charge in [0.05, 0.1) is 5.69 Å². The first kappa shape index (κ1) is 8.05. The molecule has 1 fully saturated rings. The highest BCUT2D eigenvalue weighted by molar-refractivity contribution is 7.13. The minimum Gasteiger partial charge on any atom is -0.375 e. The summed E-state index contributed by atoms with van der Waals surface area (Å²) in [4.78, 5) is 4.36. The molecule has 1 saturated carbocycles. The lowest BCUT2D eigenvalue weighted by Crippen LogP contribution is -2.06. The van der Waals surface area contributed by atoms with Crippen LogP contribution in [0.3, 0.4) is 0 Å². The maximum Gasteiger partial charge on any atom is 0.180 e. The highest BCUT2D eigenvalue weighted by atomic mass is 32.1. The number of nitrogens with two attached hydrogens (primary N) is 1. The normalized spacial score (nSPS) is 19.4. The van der Waals surface area contributed by atoms with Crippen molar-refractivity contribution in [3.63, 3.8) is 0 Å². The van der Waals surface area contributed by atoms with Crippen molar-refractivity contribution in [1.82, 2.24) is 4.98 Å². The number of hydrogen-bond donors (Lipinski definition) is 1. The van der Waals surface area contributed by atoms with E-state index in [0.29, 0.717) is 10.5 Å². The van der Waals surface area contributed by atoms with Crippen LogP contribution in [0.2, 0.25) is 0 Å². The molecule has 1 heterocycles. The Balaban J connectivity index is 2.18. The number of nitrogens with zero attached hydrogens (tertiary/aromatic N) is 1. The van der Waals surface area contributed by atoms with E-state index in [1.807, 2.05) is 0 Å². The Morgan fingerprint density at radius 3 is 2.83 bits per heavy atom. The third-order valence-corrected chi connectivity index (χ3v) is 3.32. The molecular formula is C9H14N2S. The summed E-state index contributed by atoms with van der Waals surface area (Å²) in [7, 11) is 0. The zero-order chi connectivity index (χ0) is 8.60. The second kappa shape index (κ2) is 2.73. The van der Waals surface area contributed by atoms with Gasteiger partial charge in [-0.25, -0.2) is 4.98 Å². The highest BCUT2D eigenvalue weighted by Gasteiger charge is 2.44. The van der Waals surface area contributed by atoms with Crippen molar-refractivity contribution in [2.45, 2.75) is 38.0 Å². The molecule has 0 spiro atoms. The van der Waals surface area contributed by atoms with Gasteiger partial charge in [-0.15, -0.1) is 11.3 Å². The molecule has 1 aliphatic rings. The number of nitrogen functional groups attached to an aromatic ring is 1. The molecule has 0 unspecified atom stereocenters. The molecule has 2 N–H and O–H groups in total. The maximum absolute atomic E-state index is 5.61. The fourth-order valence-electron chi connectivity index (χ4n) is 1.79. The number of aromatic nitrogens is 1. The molecule has 3 heteroatoms. The van der Waals surface area contributed by atoms with Gasteiger partial charge >= 0.3 is 0 Å². The fourth-order valence-corrected chi connectivity index (χ4v) is 2.48. The Morgan fingerprint density at radius 2 is 2.42 bits per heavy atom. The van der Waals surface area contributed by atoms with Gasteiger partial charge in [-0.1, -0.05) is 13.3 Å². The molecule has 0 aromatic carbocycles. The molecule has 0 radical (unpaired) electrons. The van der Waals surface area contributed by atoms with Crippen molar-refractivity contribution in [3.8, 4) is 0 Å². The van der Waals surface area contributed by atoms with Gasteiger partial charge in [-0.2, -0.15) is 0 Å². The smallest absolute Gasteiger partial charge is 0.180 e. The first-order valence-electron chi connectivity index (χ1n) is 4.48.